The van der Waals surface area contributed by atoms with Crippen molar-refractivity contribution in [1.82, 2.24) is 4.90 Å². The summed E-state index contributed by atoms with van der Waals surface area (Å²) in [5.41, 5.74) is 7.63. The van der Waals surface area contributed by atoms with Crippen molar-refractivity contribution < 1.29 is 9.90 Å². The van der Waals surface area contributed by atoms with E-state index in [2.05, 4.69) is 17.0 Å². The maximum absolute atomic E-state index is 10.9. The van der Waals surface area contributed by atoms with Crippen LogP contribution in [0, 0.1) is 5.92 Å². The van der Waals surface area contributed by atoms with Gasteiger partial charge in [-0.3, -0.25) is 4.79 Å². The molecule has 4 heteroatoms. The molecule has 0 aromatic heterocycles. The highest BCUT2D eigenvalue weighted by Crippen LogP contribution is 2.38. The lowest BCUT2D eigenvalue weighted by Crippen LogP contribution is -2.46. The molecule has 0 amide bonds. The Kier molecular flexibility index (Phi) is 3.29. The molecule has 3 fully saturated rings. The number of carbonyl (C=O) groups is 1. The summed E-state index contributed by atoms with van der Waals surface area (Å²) in [6, 6.07) is 6.94. The number of rotatable bonds is 3. The van der Waals surface area contributed by atoms with Crippen molar-refractivity contribution in [3.63, 3.8) is 0 Å². The van der Waals surface area contributed by atoms with Crippen molar-refractivity contribution in [3.05, 3.63) is 35.4 Å². The zero-order valence-electron chi connectivity index (χ0n) is 11.0. The molecule has 2 atom stereocenters. The maximum Gasteiger partial charge on any atom is 0.325 e. The first-order valence-corrected chi connectivity index (χ1v) is 6.96. The van der Waals surface area contributed by atoms with E-state index in [1.807, 2.05) is 12.1 Å². The summed E-state index contributed by atoms with van der Waals surface area (Å²) in [6.45, 7) is 3.63. The van der Waals surface area contributed by atoms with Gasteiger partial charge < -0.3 is 15.7 Å². The van der Waals surface area contributed by atoms with Crippen molar-refractivity contribution in [1.29, 1.82) is 0 Å². The molecule has 3 aliphatic rings. The second-order valence-electron chi connectivity index (χ2n) is 5.73. The Morgan fingerprint density at radius 3 is 2.37 bits per heavy atom. The normalized spacial score (nSPS) is 31.1. The molecule has 102 valence electrons. The Morgan fingerprint density at radius 1 is 1.26 bits per heavy atom. The molecule has 3 aliphatic heterocycles. The smallest absolute Gasteiger partial charge is 0.325 e. The van der Waals surface area contributed by atoms with Gasteiger partial charge in [-0.05, 0) is 48.9 Å². The molecule has 2 bridgehead atoms. The van der Waals surface area contributed by atoms with Crippen LogP contribution in [0.1, 0.15) is 35.9 Å². The monoisotopic (exact) mass is 260 g/mol. The number of fused-ring (bicyclic) bond motifs is 3. The van der Waals surface area contributed by atoms with Gasteiger partial charge in [0.05, 0.1) is 0 Å². The molecule has 0 saturated carbocycles. The number of aliphatic carboxylic acids is 1. The number of nitrogens with zero attached hydrogens (tertiary/aromatic N) is 1. The topological polar surface area (TPSA) is 66.6 Å². The van der Waals surface area contributed by atoms with Crippen LogP contribution in [-0.2, 0) is 4.79 Å². The van der Waals surface area contributed by atoms with Crippen molar-refractivity contribution in [2.45, 2.75) is 24.8 Å². The van der Waals surface area contributed by atoms with Gasteiger partial charge >= 0.3 is 5.97 Å². The van der Waals surface area contributed by atoms with Crippen LogP contribution in [0.5, 0.6) is 0 Å². The van der Waals surface area contributed by atoms with Gasteiger partial charge in [0.25, 0.3) is 0 Å². The second kappa shape index (κ2) is 4.94. The van der Waals surface area contributed by atoms with Gasteiger partial charge in [-0.15, -0.1) is 0 Å². The van der Waals surface area contributed by atoms with Gasteiger partial charge in [0.2, 0.25) is 0 Å². The molecule has 3 saturated heterocycles. The predicted molar refractivity (Wildman–Crippen MR) is 72.9 cm³/mol. The van der Waals surface area contributed by atoms with Crippen LogP contribution in [-0.4, -0.2) is 35.6 Å². The zero-order valence-corrected chi connectivity index (χ0v) is 11.0. The average Bonchev–Trinajstić information content (AvgIpc) is 2.47. The van der Waals surface area contributed by atoms with Crippen LogP contribution in [0.25, 0.3) is 0 Å². The molecule has 4 nitrogen and oxygen atoms in total. The molecule has 2 unspecified atom stereocenters. The summed E-state index contributed by atoms with van der Waals surface area (Å²) >= 11 is 0. The first-order chi connectivity index (χ1) is 9.15. The Labute approximate surface area is 113 Å². The molecule has 0 spiro atoms. The lowest BCUT2D eigenvalue weighted by atomic mass is 9.75. The molecular weight excluding hydrogens is 240 g/mol. The van der Waals surface area contributed by atoms with Gasteiger partial charge in [0.15, 0.2) is 0 Å². The number of hydrogen-bond acceptors (Lipinski definition) is 3. The number of carboxylic acid groups (broad SMARTS) is 1. The summed E-state index contributed by atoms with van der Waals surface area (Å²) < 4.78 is 0. The quantitative estimate of drug-likeness (QED) is 0.866. The van der Waals surface area contributed by atoms with Crippen molar-refractivity contribution in [2.24, 2.45) is 11.7 Å². The highest BCUT2D eigenvalue weighted by Gasteiger charge is 2.34. The summed E-state index contributed by atoms with van der Waals surface area (Å²) in [5, 5.41) is 8.91. The summed E-state index contributed by atoms with van der Waals surface area (Å²) in [6.07, 6.45) is 2.59. The first-order valence-electron chi connectivity index (χ1n) is 6.96. The van der Waals surface area contributed by atoms with Gasteiger partial charge in [-0.25, -0.2) is 0 Å². The van der Waals surface area contributed by atoms with Crippen LogP contribution < -0.4 is 5.73 Å². The largest absolute Gasteiger partial charge is 0.480 e. The third-order valence-corrected chi connectivity index (χ3v) is 4.65. The third kappa shape index (κ3) is 2.38. The number of hydrogen-bond donors (Lipinski definition) is 2. The van der Waals surface area contributed by atoms with E-state index in [1.165, 1.54) is 31.5 Å². The highest BCUT2D eigenvalue weighted by molar-refractivity contribution is 5.75. The molecule has 1 aromatic carbocycles. The highest BCUT2D eigenvalue weighted by atomic mass is 16.4. The SMILES string of the molecule is NC(C(=O)O)c1ccc(C2CN3CCC2CC3)cc1. The van der Waals surface area contributed by atoms with E-state index in [0.717, 1.165) is 12.5 Å². The van der Waals surface area contributed by atoms with E-state index in [1.54, 1.807) is 0 Å². The Hall–Kier alpha value is -1.39. The van der Waals surface area contributed by atoms with Crippen LogP contribution >= 0.6 is 0 Å². The van der Waals surface area contributed by atoms with E-state index < -0.39 is 12.0 Å². The van der Waals surface area contributed by atoms with Gasteiger partial charge in [-0.2, -0.15) is 0 Å². The number of piperidine rings is 3. The fourth-order valence-electron chi connectivity index (χ4n) is 3.44. The minimum absolute atomic E-state index is 0.609. The summed E-state index contributed by atoms with van der Waals surface area (Å²) in [4.78, 5) is 13.4. The minimum atomic E-state index is -0.976. The van der Waals surface area contributed by atoms with Gasteiger partial charge in [-0.1, -0.05) is 24.3 Å². The fraction of sp³-hybridized carbons (Fsp3) is 0.533. The van der Waals surface area contributed by atoms with E-state index in [9.17, 15) is 4.79 Å². The number of carboxylic acids is 1. The minimum Gasteiger partial charge on any atom is -0.480 e. The molecule has 3 N–H and O–H groups in total. The molecular formula is C15H20N2O2. The van der Waals surface area contributed by atoms with E-state index in [-0.39, 0.29) is 0 Å². The van der Waals surface area contributed by atoms with Crippen LogP contribution in [0.15, 0.2) is 24.3 Å². The second-order valence-corrected chi connectivity index (χ2v) is 5.73. The Balaban J connectivity index is 1.77. The van der Waals surface area contributed by atoms with Gasteiger partial charge in [0.1, 0.15) is 6.04 Å². The number of nitrogens with two attached hydrogens (primary N) is 1. The molecule has 0 aliphatic carbocycles. The van der Waals surface area contributed by atoms with Gasteiger partial charge in [0, 0.05) is 6.54 Å². The van der Waals surface area contributed by atoms with E-state index >= 15 is 0 Å². The van der Waals surface area contributed by atoms with Crippen LogP contribution in [0.3, 0.4) is 0 Å². The zero-order chi connectivity index (χ0) is 13.4. The Bertz CT molecular complexity index is 464. The molecule has 19 heavy (non-hydrogen) atoms. The van der Waals surface area contributed by atoms with Crippen molar-refractivity contribution in [3.8, 4) is 0 Å². The molecule has 3 heterocycles. The average molecular weight is 260 g/mol. The van der Waals surface area contributed by atoms with Crippen molar-refractivity contribution >= 4 is 5.97 Å². The first kappa shape index (κ1) is 12.6. The summed E-state index contributed by atoms with van der Waals surface area (Å²) in [5.74, 6) is 0.428. The predicted octanol–water partition coefficient (Wildman–Crippen LogP) is 1.58. The lowest BCUT2D eigenvalue weighted by Gasteiger charge is -2.45. The van der Waals surface area contributed by atoms with Crippen LogP contribution in [0.2, 0.25) is 0 Å². The molecule has 1 aromatic rings. The lowest BCUT2D eigenvalue weighted by molar-refractivity contribution is -0.138. The van der Waals surface area contributed by atoms with Crippen molar-refractivity contribution in [2.75, 3.05) is 19.6 Å². The molecule has 4 rings (SSSR count). The van der Waals surface area contributed by atoms with E-state index in [4.69, 9.17) is 10.8 Å². The fourth-order valence-corrected chi connectivity index (χ4v) is 3.44. The molecule has 0 radical (unpaired) electrons. The number of benzene rings is 1. The van der Waals surface area contributed by atoms with Crippen LogP contribution in [0.4, 0.5) is 0 Å². The summed E-state index contributed by atoms with van der Waals surface area (Å²) in [7, 11) is 0. The van der Waals surface area contributed by atoms with E-state index in [0.29, 0.717) is 11.5 Å². The maximum atomic E-state index is 10.9. The Morgan fingerprint density at radius 2 is 1.89 bits per heavy atom. The standard InChI is InChI=1S/C15H20N2O2/c16-14(15(18)19)12-3-1-10(2-4-12)13-9-17-7-5-11(13)6-8-17/h1-4,11,13-14H,5-9,16H2,(H,18,19). The third-order valence-electron chi connectivity index (χ3n) is 4.65.